The molecule has 0 aliphatic carbocycles. The van der Waals surface area contributed by atoms with Gasteiger partial charge in [-0.1, -0.05) is 0 Å². The van der Waals surface area contributed by atoms with Crippen LogP contribution in [-0.2, 0) is 0 Å². The third-order valence-electron chi connectivity index (χ3n) is 1.76. The van der Waals surface area contributed by atoms with Gasteiger partial charge in [-0.3, -0.25) is 4.79 Å². The van der Waals surface area contributed by atoms with Crippen molar-refractivity contribution in [1.82, 2.24) is 0 Å². The van der Waals surface area contributed by atoms with Gasteiger partial charge in [0.2, 0.25) is 0 Å². The molecule has 3 nitrogen and oxygen atoms in total. The van der Waals surface area contributed by atoms with Gasteiger partial charge in [0.15, 0.2) is 0 Å². The van der Waals surface area contributed by atoms with Crippen LogP contribution in [0.5, 0.6) is 0 Å². The van der Waals surface area contributed by atoms with Gasteiger partial charge in [0.05, 0.1) is 6.10 Å². The lowest BCUT2D eigenvalue weighted by atomic mass is 10.0. The standard InChI is InChI=1S/C9H10FNO2/c10-7-2-1-6(5-12)8(3-7)9(13)4-11/h1-3,5,9,13H,4,11H2. The van der Waals surface area contributed by atoms with Crippen LogP contribution in [0, 0.1) is 5.82 Å². The Bertz CT molecular complexity index is 314. The number of carbonyl (C=O) groups is 1. The SMILES string of the molecule is NCC(O)c1cc(F)ccc1C=O. The normalized spacial score (nSPS) is 12.5. The number of nitrogens with two attached hydrogens (primary N) is 1. The highest BCUT2D eigenvalue weighted by molar-refractivity contribution is 5.77. The fraction of sp³-hybridized carbons (Fsp3) is 0.222. The predicted octanol–water partition coefficient (Wildman–Crippen LogP) is 0.630. The van der Waals surface area contributed by atoms with Gasteiger partial charge >= 0.3 is 0 Å². The maximum atomic E-state index is 12.7. The smallest absolute Gasteiger partial charge is 0.150 e. The van der Waals surface area contributed by atoms with E-state index in [-0.39, 0.29) is 17.7 Å². The number of aliphatic hydroxyl groups excluding tert-OH is 1. The summed E-state index contributed by atoms with van der Waals surface area (Å²) in [7, 11) is 0. The minimum Gasteiger partial charge on any atom is -0.387 e. The van der Waals surface area contributed by atoms with E-state index < -0.39 is 11.9 Å². The maximum Gasteiger partial charge on any atom is 0.150 e. The molecule has 0 spiro atoms. The summed E-state index contributed by atoms with van der Waals surface area (Å²) >= 11 is 0. The summed E-state index contributed by atoms with van der Waals surface area (Å²) in [5, 5.41) is 9.32. The Balaban J connectivity index is 3.15. The second-order valence-electron chi connectivity index (χ2n) is 2.64. The molecule has 1 atom stereocenters. The Morgan fingerprint density at radius 1 is 1.62 bits per heavy atom. The number of aliphatic hydroxyl groups is 1. The summed E-state index contributed by atoms with van der Waals surface area (Å²) in [6.07, 6.45) is -0.427. The molecule has 0 aliphatic heterocycles. The fourth-order valence-electron chi connectivity index (χ4n) is 1.07. The van der Waals surface area contributed by atoms with Crippen molar-refractivity contribution < 1.29 is 14.3 Å². The molecular formula is C9H10FNO2. The van der Waals surface area contributed by atoms with Crippen molar-refractivity contribution in [1.29, 1.82) is 0 Å². The molecule has 0 aliphatic rings. The van der Waals surface area contributed by atoms with Crippen LogP contribution in [0.15, 0.2) is 18.2 Å². The predicted molar refractivity (Wildman–Crippen MR) is 45.8 cm³/mol. The van der Waals surface area contributed by atoms with E-state index in [4.69, 9.17) is 5.73 Å². The highest BCUT2D eigenvalue weighted by atomic mass is 19.1. The number of carbonyl (C=O) groups excluding carboxylic acids is 1. The van der Waals surface area contributed by atoms with Gasteiger partial charge < -0.3 is 10.8 Å². The largest absolute Gasteiger partial charge is 0.387 e. The molecule has 1 unspecified atom stereocenters. The van der Waals surface area contributed by atoms with Crippen molar-refractivity contribution in [2.45, 2.75) is 6.10 Å². The molecule has 0 saturated heterocycles. The van der Waals surface area contributed by atoms with Crippen molar-refractivity contribution in [3.8, 4) is 0 Å². The third kappa shape index (κ3) is 2.11. The first kappa shape index (κ1) is 9.83. The van der Waals surface area contributed by atoms with Gasteiger partial charge in [-0.05, 0) is 23.8 Å². The van der Waals surface area contributed by atoms with E-state index in [0.717, 1.165) is 12.1 Å². The first-order chi connectivity index (χ1) is 6.19. The quantitative estimate of drug-likeness (QED) is 0.675. The molecule has 0 amide bonds. The maximum absolute atomic E-state index is 12.7. The van der Waals surface area contributed by atoms with E-state index >= 15 is 0 Å². The number of halogens is 1. The molecule has 13 heavy (non-hydrogen) atoms. The van der Waals surface area contributed by atoms with Gasteiger partial charge in [0.1, 0.15) is 12.1 Å². The zero-order valence-electron chi connectivity index (χ0n) is 6.90. The van der Waals surface area contributed by atoms with Gasteiger partial charge in [0.25, 0.3) is 0 Å². The summed E-state index contributed by atoms with van der Waals surface area (Å²) < 4.78 is 12.7. The number of aldehydes is 1. The molecule has 0 heterocycles. The van der Waals surface area contributed by atoms with E-state index in [1.807, 2.05) is 0 Å². The minimum absolute atomic E-state index is 0.0374. The van der Waals surface area contributed by atoms with E-state index in [9.17, 15) is 14.3 Å². The average molecular weight is 183 g/mol. The lowest BCUT2D eigenvalue weighted by molar-refractivity contribution is 0.111. The molecule has 1 aromatic carbocycles. The van der Waals surface area contributed by atoms with E-state index in [1.165, 1.54) is 6.07 Å². The molecule has 0 radical (unpaired) electrons. The monoisotopic (exact) mass is 183 g/mol. The Morgan fingerprint density at radius 3 is 2.85 bits per heavy atom. The van der Waals surface area contributed by atoms with Crippen molar-refractivity contribution in [2.24, 2.45) is 5.73 Å². The molecule has 1 aromatic rings. The molecule has 0 bridgehead atoms. The molecule has 4 heteroatoms. The Labute approximate surface area is 75.0 Å². The van der Waals surface area contributed by atoms with Crippen molar-refractivity contribution in [3.63, 3.8) is 0 Å². The Hall–Kier alpha value is -1.26. The first-order valence-corrected chi connectivity index (χ1v) is 3.81. The van der Waals surface area contributed by atoms with E-state index in [2.05, 4.69) is 0 Å². The minimum atomic E-state index is -0.990. The van der Waals surface area contributed by atoms with Crippen LogP contribution < -0.4 is 5.73 Å². The molecule has 0 fully saturated rings. The van der Waals surface area contributed by atoms with E-state index in [0.29, 0.717) is 6.29 Å². The average Bonchev–Trinajstić information content (AvgIpc) is 2.16. The Kier molecular flexibility index (Phi) is 3.11. The van der Waals surface area contributed by atoms with Crippen molar-refractivity contribution in [2.75, 3.05) is 6.54 Å². The third-order valence-corrected chi connectivity index (χ3v) is 1.76. The summed E-state index contributed by atoms with van der Waals surface area (Å²) in [5.41, 5.74) is 5.69. The van der Waals surface area contributed by atoms with Crippen LogP contribution in [0.3, 0.4) is 0 Å². The van der Waals surface area contributed by atoms with Crippen LogP contribution >= 0.6 is 0 Å². The van der Waals surface area contributed by atoms with Crippen LogP contribution in [0.25, 0.3) is 0 Å². The van der Waals surface area contributed by atoms with Gasteiger partial charge in [-0.25, -0.2) is 4.39 Å². The second kappa shape index (κ2) is 4.11. The Morgan fingerprint density at radius 2 is 2.31 bits per heavy atom. The topological polar surface area (TPSA) is 63.3 Å². The van der Waals surface area contributed by atoms with Gasteiger partial charge in [-0.15, -0.1) is 0 Å². The summed E-state index contributed by atoms with van der Waals surface area (Å²) in [4.78, 5) is 10.5. The molecule has 70 valence electrons. The second-order valence-corrected chi connectivity index (χ2v) is 2.64. The van der Waals surface area contributed by atoms with Crippen molar-refractivity contribution in [3.05, 3.63) is 35.1 Å². The molecule has 3 N–H and O–H groups in total. The zero-order valence-corrected chi connectivity index (χ0v) is 6.90. The lowest BCUT2D eigenvalue weighted by Crippen LogP contribution is -2.13. The molecule has 0 aromatic heterocycles. The molecular weight excluding hydrogens is 173 g/mol. The number of rotatable bonds is 3. The van der Waals surface area contributed by atoms with Crippen LogP contribution in [-0.4, -0.2) is 17.9 Å². The highest BCUT2D eigenvalue weighted by Crippen LogP contribution is 2.17. The van der Waals surface area contributed by atoms with E-state index in [1.54, 1.807) is 0 Å². The molecule has 0 saturated carbocycles. The van der Waals surface area contributed by atoms with Crippen LogP contribution in [0.1, 0.15) is 22.0 Å². The summed E-state index contributed by atoms with van der Waals surface area (Å²) in [6, 6.07) is 3.59. The zero-order chi connectivity index (χ0) is 9.84. The van der Waals surface area contributed by atoms with Crippen LogP contribution in [0.4, 0.5) is 4.39 Å². The van der Waals surface area contributed by atoms with Gasteiger partial charge in [-0.2, -0.15) is 0 Å². The first-order valence-electron chi connectivity index (χ1n) is 3.81. The van der Waals surface area contributed by atoms with Crippen LogP contribution in [0.2, 0.25) is 0 Å². The van der Waals surface area contributed by atoms with Gasteiger partial charge in [0, 0.05) is 12.1 Å². The number of benzene rings is 1. The molecule has 1 rings (SSSR count). The fourth-order valence-corrected chi connectivity index (χ4v) is 1.07. The summed E-state index contributed by atoms with van der Waals surface area (Å²) in [5.74, 6) is -0.492. The number of hydrogen-bond acceptors (Lipinski definition) is 3. The highest BCUT2D eigenvalue weighted by Gasteiger charge is 2.10. The summed E-state index contributed by atoms with van der Waals surface area (Å²) in [6.45, 7) is -0.0374. The lowest BCUT2D eigenvalue weighted by Gasteiger charge is -2.10. The number of hydrogen-bond donors (Lipinski definition) is 2. The van der Waals surface area contributed by atoms with Crippen molar-refractivity contribution >= 4 is 6.29 Å².